The van der Waals surface area contributed by atoms with E-state index in [2.05, 4.69) is 30.2 Å². The topological polar surface area (TPSA) is 115 Å². The lowest BCUT2D eigenvalue weighted by molar-refractivity contribution is 0.148. The van der Waals surface area contributed by atoms with Crippen LogP contribution >= 0.6 is 0 Å². The molecular formula is C12H23N3O6. The monoisotopic (exact) mass is 305 g/mol. The molecule has 0 aliphatic rings. The predicted molar refractivity (Wildman–Crippen MR) is 73.7 cm³/mol. The van der Waals surface area contributed by atoms with Crippen LogP contribution in [0.4, 0.5) is 14.4 Å². The first-order valence-electron chi connectivity index (χ1n) is 6.50. The SMILES string of the molecule is CCC(CCC(NC(=O)OC)NC(=O)OC)NC(=O)OC. The number of alkyl carbamates (subject to hydrolysis) is 3. The summed E-state index contributed by atoms with van der Waals surface area (Å²) < 4.78 is 13.5. The van der Waals surface area contributed by atoms with Crippen LogP contribution in [0, 0.1) is 0 Å². The molecule has 0 radical (unpaired) electrons. The lowest BCUT2D eigenvalue weighted by Crippen LogP contribution is -2.48. The number of ether oxygens (including phenoxy) is 3. The van der Waals surface area contributed by atoms with Gasteiger partial charge in [-0.05, 0) is 19.3 Å². The van der Waals surface area contributed by atoms with E-state index in [-0.39, 0.29) is 6.04 Å². The number of hydrogen-bond donors (Lipinski definition) is 3. The minimum atomic E-state index is -0.676. The van der Waals surface area contributed by atoms with Crippen LogP contribution < -0.4 is 16.0 Å². The quantitative estimate of drug-likeness (QED) is 0.476. The van der Waals surface area contributed by atoms with E-state index >= 15 is 0 Å². The Hall–Kier alpha value is -2.19. The summed E-state index contributed by atoms with van der Waals surface area (Å²) in [5.74, 6) is 0. The summed E-state index contributed by atoms with van der Waals surface area (Å²) in [6.45, 7) is 1.90. The van der Waals surface area contributed by atoms with Crippen molar-refractivity contribution in [2.75, 3.05) is 21.3 Å². The summed E-state index contributed by atoms with van der Waals surface area (Å²) >= 11 is 0. The molecule has 0 aromatic carbocycles. The van der Waals surface area contributed by atoms with E-state index in [0.29, 0.717) is 19.3 Å². The minimum absolute atomic E-state index is 0.140. The third-order valence-corrected chi connectivity index (χ3v) is 2.76. The highest BCUT2D eigenvalue weighted by Crippen LogP contribution is 2.05. The van der Waals surface area contributed by atoms with Gasteiger partial charge < -0.3 is 30.2 Å². The van der Waals surface area contributed by atoms with Crippen molar-refractivity contribution in [3.05, 3.63) is 0 Å². The van der Waals surface area contributed by atoms with Crippen molar-refractivity contribution < 1.29 is 28.6 Å². The fraction of sp³-hybridized carbons (Fsp3) is 0.750. The van der Waals surface area contributed by atoms with Crippen molar-refractivity contribution in [2.24, 2.45) is 0 Å². The molecule has 1 unspecified atom stereocenters. The number of amides is 3. The minimum Gasteiger partial charge on any atom is -0.453 e. The number of rotatable bonds is 7. The van der Waals surface area contributed by atoms with E-state index in [1.807, 2.05) is 6.92 Å². The highest BCUT2D eigenvalue weighted by atomic mass is 16.5. The second-order valence-corrected chi connectivity index (χ2v) is 4.14. The molecule has 122 valence electrons. The van der Waals surface area contributed by atoms with E-state index in [0.717, 1.165) is 0 Å². The normalized spacial score (nSPS) is 11.3. The number of carbonyl (C=O) groups is 3. The highest BCUT2D eigenvalue weighted by Gasteiger charge is 2.18. The van der Waals surface area contributed by atoms with Gasteiger partial charge in [-0.15, -0.1) is 0 Å². The molecule has 3 N–H and O–H groups in total. The summed E-state index contributed by atoms with van der Waals surface area (Å²) in [4.78, 5) is 33.6. The molecule has 0 aromatic heterocycles. The fourth-order valence-electron chi connectivity index (χ4n) is 1.55. The maximum atomic E-state index is 11.2. The summed E-state index contributed by atoms with van der Waals surface area (Å²) in [7, 11) is 3.72. The third-order valence-electron chi connectivity index (χ3n) is 2.76. The molecule has 0 fully saturated rings. The van der Waals surface area contributed by atoms with Gasteiger partial charge in [0.05, 0.1) is 21.3 Å². The molecule has 9 heteroatoms. The molecule has 0 bridgehead atoms. The molecule has 0 saturated heterocycles. The molecule has 3 amide bonds. The smallest absolute Gasteiger partial charge is 0.408 e. The average Bonchev–Trinajstić information content (AvgIpc) is 2.50. The molecule has 9 nitrogen and oxygen atoms in total. The van der Waals surface area contributed by atoms with Crippen LogP contribution in [0.2, 0.25) is 0 Å². The Morgan fingerprint density at radius 1 is 0.810 bits per heavy atom. The second kappa shape index (κ2) is 10.6. The Balaban J connectivity index is 4.45. The van der Waals surface area contributed by atoms with E-state index in [1.165, 1.54) is 21.3 Å². The van der Waals surface area contributed by atoms with E-state index in [4.69, 9.17) is 0 Å². The molecule has 0 aliphatic carbocycles. The fourth-order valence-corrected chi connectivity index (χ4v) is 1.55. The summed E-state index contributed by atoms with van der Waals surface area (Å²) in [5, 5.41) is 7.58. The lowest BCUT2D eigenvalue weighted by Gasteiger charge is -2.22. The maximum absolute atomic E-state index is 11.2. The first-order valence-corrected chi connectivity index (χ1v) is 6.50. The molecule has 0 aromatic rings. The molecule has 1 atom stereocenters. The van der Waals surface area contributed by atoms with Crippen molar-refractivity contribution in [3.63, 3.8) is 0 Å². The van der Waals surface area contributed by atoms with Crippen molar-refractivity contribution in [1.29, 1.82) is 0 Å². The molecule has 0 spiro atoms. The van der Waals surface area contributed by atoms with Gasteiger partial charge in [-0.25, -0.2) is 14.4 Å². The number of methoxy groups -OCH3 is 3. The van der Waals surface area contributed by atoms with Gasteiger partial charge in [-0.3, -0.25) is 0 Å². The highest BCUT2D eigenvalue weighted by molar-refractivity contribution is 5.70. The molecule has 0 heterocycles. The lowest BCUT2D eigenvalue weighted by atomic mass is 10.1. The van der Waals surface area contributed by atoms with Gasteiger partial charge in [0, 0.05) is 6.04 Å². The molecule has 21 heavy (non-hydrogen) atoms. The van der Waals surface area contributed by atoms with Gasteiger partial charge in [0.2, 0.25) is 0 Å². The van der Waals surface area contributed by atoms with E-state index in [9.17, 15) is 14.4 Å². The van der Waals surface area contributed by atoms with Crippen LogP contribution in [0.1, 0.15) is 26.2 Å². The zero-order valence-electron chi connectivity index (χ0n) is 12.7. The molecular weight excluding hydrogens is 282 g/mol. The van der Waals surface area contributed by atoms with Gasteiger partial charge in [0.1, 0.15) is 6.17 Å². The van der Waals surface area contributed by atoms with Crippen molar-refractivity contribution in [2.45, 2.75) is 38.4 Å². The summed E-state index contributed by atoms with van der Waals surface area (Å²) in [6.07, 6.45) is -0.968. The second-order valence-electron chi connectivity index (χ2n) is 4.14. The van der Waals surface area contributed by atoms with Gasteiger partial charge in [0.15, 0.2) is 0 Å². The van der Waals surface area contributed by atoms with Gasteiger partial charge >= 0.3 is 18.3 Å². The Labute approximate surface area is 123 Å². The van der Waals surface area contributed by atoms with Crippen LogP contribution in [0.15, 0.2) is 0 Å². The average molecular weight is 305 g/mol. The van der Waals surface area contributed by atoms with Crippen molar-refractivity contribution in [1.82, 2.24) is 16.0 Å². The van der Waals surface area contributed by atoms with Gasteiger partial charge in [-0.2, -0.15) is 0 Å². The molecule has 0 saturated carbocycles. The number of carbonyl (C=O) groups excluding carboxylic acids is 3. The summed E-state index contributed by atoms with van der Waals surface area (Å²) in [6, 6.07) is -0.140. The van der Waals surface area contributed by atoms with Gasteiger partial charge in [-0.1, -0.05) is 6.92 Å². The first-order chi connectivity index (χ1) is 9.96. The Morgan fingerprint density at radius 3 is 1.62 bits per heavy atom. The van der Waals surface area contributed by atoms with E-state index in [1.54, 1.807) is 0 Å². The van der Waals surface area contributed by atoms with Crippen LogP contribution in [0.3, 0.4) is 0 Å². The largest absolute Gasteiger partial charge is 0.453 e. The molecule has 0 aliphatic heterocycles. The Morgan fingerprint density at radius 2 is 1.24 bits per heavy atom. The van der Waals surface area contributed by atoms with Crippen molar-refractivity contribution in [3.8, 4) is 0 Å². The predicted octanol–water partition coefficient (Wildman–Crippen LogP) is 0.939. The Kier molecular flexibility index (Phi) is 9.48. The zero-order chi connectivity index (χ0) is 16.3. The first kappa shape index (κ1) is 18.8. The van der Waals surface area contributed by atoms with Crippen LogP contribution in [0.25, 0.3) is 0 Å². The van der Waals surface area contributed by atoms with Crippen molar-refractivity contribution >= 4 is 18.3 Å². The number of nitrogens with one attached hydrogen (secondary N) is 3. The standard InChI is InChI=1S/C12H23N3O6/c1-5-8(13-10(16)19-2)6-7-9(14-11(17)20-3)15-12(18)21-4/h8-9H,5-7H2,1-4H3,(H,13,16)(H,14,17)(H,15,18). The summed E-state index contributed by atoms with van der Waals surface area (Å²) in [5.41, 5.74) is 0. The number of hydrogen-bond acceptors (Lipinski definition) is 6. The van der Waals surface area contributed by atoms with Crippen LogP contribution in [-0.4, -0.2) is 51.8 Å². The molecule has 0 rings (SSSR count). The van der Waals surface area contributed by atoms with Crippen LogP contribution in [-0.2, 0) is 14.2 Å². The van der Waals surface area contributed by atoms with E-state index < -0.39 is 24.4 Å². The zero-order valence-corrected chi connectivity index (χ0v) is 12.7. The van der Waals surface area contributed by atoms with Gasteiger partial charge in [0.25, 0.3) is 0 Å². The van der Waals surface area contributed by atoms with Crippen LogP contribution in [0.5, 0.6) is 0 Å². The Bertz CT molecular complexity index is 332. The maximum Gasteiger partial charge on any atom is 0.408 e. The third kappa shape index (κ3) is 8.56.